The van der Waals surface area contributed by atoms with Gasteiger partial charge in [0.25, 0.3) is 0 Å². The SMILES string of the molecule is C=Cc1ccc(P2(=O)Sc3ccccc3S2)cc1.Cc1ccc2c(c1)SP(=O)(c1ccccc1)S2.O=P1(c2ccccc2)Sc2ccccc2S1. The van der Waals surface area contributed by atoms with E-state index >= 15 is 0 Å². The molecule has 1 unspecified atom stereocenters. The van der Waals surface area contributed by atoms with Gasteiger partial charge in [-0.1, -0.05) is 91.5 Å². The zero-order valence-electron chi connectivity index (χ0n) is 27.2. The summed E-state index contributed by atoms with van der Waals surface area (Å²) in [5, 5.41) is 2.81. The van der Waals surface area contributed by atoms with Gasteiger partial charge in [-0.15, -0.1) is 0 Å². The second kappa shape index (κ2) is 16.1. The fourth-order valence-corrected chi connectivity index (χ4v) is 30.0. The van der Waals surface area contributed by atoms with Gasteiger partial charge < -0.3 is 0 Å². The molecular formula is C39H31O3P3S6. The molecule has 0 aliphatic carbocycles. The minimum Gasteiger partial charge on any atom is -0.295 e. The average molecular weight is 833 g/mol. The third kappa shape index (κ3) is 8.49. The number of aryl methyl sites for hydroxylation is 1. The Morgan fingerprint density at radius 1 is 0.412 bits per heavy atom. The van der Waals surface area contributed by atoms with Gasteiger partial charge in [-0.25, -0.2) is 0 Å². The van der Waals surface area contributed by atoms with Crippen LogP contribution < -0.4 is 15.9 Å². The summed E-state index contributed by atoms with van der Waals surface area (Å²) in [7, 11) is 0. The highest BCUT2D eigenvalue weighted by atomic mass is 33.1. The molecule has 0 aromatic heterocycles. The van der Waals surface area contributed by atoms with E-state index in [1.807, 2.05) is 133 Å². The van der Waals surface area contributed by atoms with Gasteiger partial charge in [0.05, 0.1) is 0 Å². The predicted molar refractivity (Wildman–Crippen MR) is 230 cm³/mol. The molecule has 0 amide bonds. The Morgan fingerprint density at radius 3 is 1.14 bits per heavy atom. The summed E-state index contributed by atoms with van der Waals surface area (Å²) < 4.78 is 38.7. The fourth-order valence-electron chi connectivity index (χ4n) is 5.13. The van der Waals surface area contributed by atoms with E-state index in [4.69, 9.17) is 0 Å². The van der Waals surface area contributed by atoms with E-state index in [2.05, 4.69) is 31.7 Å². The van der Waals surface area contributed by atoms with Crippen LogP contribution in [0.1, 0.15) is 11.1 Å². The molecule has 3 nitrogen and oxygen atoms in total. The normalized spacial score (nSPS) is 18.5. The van der Waals surface area contributed by atoms with Gasteiger partial charge in [0.1, 0.15) is 0 Å². The third-order valence-corrected chi connectivity index (χ3v) is 31.3. The summed E-state index contributed by atoms with van der Waals surface area (Å²) in [5.74, 6) is 0. The van der Waals surface area contributed by atoms with Crippen molar-refractivity contribution in [2.75, 3.05) is 0 Å². The molecule has 1 atom stereocenters. The Balaban J connectivity index is 0.000000120. The molecule has 0 bridgehead atoms. The highest BCUT2D eigenvalue weighted by Crippen LogP contribution is 2.80. The molecular weight excluding hydrogens is 802 g/mol. The number of hydrogen-bond donors (Lipinski definition) is 0. The van der Waals surface area contributed by atoms with E-state index in [0.717, 1.165) is 50.8 Å². The van der Waals surface area contributed by atoms with E-state index in [0.29, 0.717) is 0 Å². The van der Waals surface area contributed by atoms with Crippen LogP contribution in [0.15, 0.2) is 188 Å². The molecule has 3 aliphatic heterocycles. The monoisotopic (exact) mass is 832 g/mol. The predicted octanol–water partition coefficient (Wildman–Crippen LogP) is 14.2. The first-order valence-electron chi connectivity index (χ1n) is 15.8. The van der Waals surface area contributed by atoms with E-state index in [-0.39, 0.29) is 0 Å². The van der Waals surface area contributed by atoms with E-state index in [1.54, 1.807) is 6.08 Å². The summed E-state index contributed by atoms with van der Waals surface area (Å²) >= 11 is 9.06. The molecule has 0 fully saturated rings. The second-order valence-corrected chi connectivity index (χ2v) is 34.2. The van der Waals surface area contributed by atoms with Gasteiger partial charge in [-0.3, -0.25) is 13.7 Å². The van der Waals surface area contributed by atoms with Crippen LogP contribution in [0, 0.1) is 6.92 Å². The zero-order valence-corrected chi connectivity index (χ0v) is 34.8. The van der Waals surface area contributed by atoms with Gasteiger partial charge in [-0.2, -0.15) is 0 Å². The highest BCUT2D eigenvalue weighted by Gasteiger charge is 2.37. The molecule has 9 rings (SSSR count). The second-order valence-electron chi connectivity index (χ2n) is 11.4. The molecule has 3 aliphatic rings. The Morgan fingerprint density at radius 2 is 0.745 bits per heavy atom. The Kier molecular flexibility index (Phi) is 11.7. The number of hydrogen-bond acceptors (Lipinski definition) is 9. The minimum atomic E-state index is -2.44. The van der Waals surface area contributed by atoms with Gasteiger partial charge in [-0.05, 0) is 159 Å². The van der Waals surface area contributed by atoms with Crippen LogP contribution in [0.5, 0.6) is 0 Å². The summed E-state index contributed by atoms with van der Waals surface area (Å²) in [4.78, 5) is 6.83. The molecule has 3 heterocycles. The van der Waals surface area contributed by atoms with Gasteiger partial charge in [0.15, 0.2) is 0 Å². The standard InChI is InChI=1S/C14H11OPS2.C13H11OPS2.C12H9OPS2/c1-2-11-7-9-12(10-8-11)16(15)17-13-5-3-4-6-14(13)18-16;1-10-7-8-12-13(9-10)17-15(14,16-12)11-5-3-2-4-6-11;13-14(10-6-2-1-3-7-10)15-11-8-4-5-9-12(11)16-14/h2-10H,1H2;2-9H,1H3;1-9H. The molecule has 0 N–H and O–H groups in total. The quantitative estimate of drug-likeness (QED) is 0.162. The van der Waals surface area contributed by atoms with Crippen molar-refractivity contribution in [3.63, 3.8) is 0 Å². The van der Waals surface area contributed by atoms with Crippen molar-refractivity contribution in [1.29, 1.82) is 0 Å². The maximum atomic E-state index is 13.0. The van der Waals surface area contributed by atoms with Crippen molar-refractivity contribution >= 4 is 107 Å². The molecule has 0 saturated carbocycles. The maximum absolute atomic E-state index is 13.0. The topological polar surface area (TPSA) is 51.2 Å². The average Bonchev–Trinajstić information content (AvgIpc) is 3.83. The largest absolute Gasteiger partial charge is 0.295 e. The van der Waals surface area contributed by atoms with Crippen molar-refractivity contribution in [3.8, 4) is 0 Å². The fraction of sp³-hybridized carbons (Fsp3) is 0.0256. The lowest BCUT2D eigenvalue weighted by Crippen LogP contribution is -1.97. The Labute approximate surface area is 323 Å². The molecule has 6 aromatic carbocycles. The number of fused-ring (bicyclic) bond motifs is 3. The number of rotatable bonds is 4. The molecule has 0 radical (unpaired) electrons. The number of benzene rings is 6. The van der Waals surface area contributed by atoms with Gasteiger partial charge in [0, 0.05) is 45.3 Å². The van der Waals surface area contributed by atoms with Crippen molar-refractivity contribution in [2.45, 2.75) is 36.3 Å². The smallest absolute Gasteiger partial charge is 0.228 e. The first-order valence-corrected chi connectivity index (χ1v) is 29.4. The molecule has 0 spiro atoms. The van der Waals surface area contributed by atoms with Crippen LogP contribution in [0.25, 0.3) is 6.08 Å². The molecule has 51 heavy (non-hydrogen) atoms. The molecule has 12 heteroatoms. The van der Waals surface area contributed by atoms with E-state index in [9.17, 15) is 13.7 Å². The zero-order chi connectivity index (χ0) is 35.5. The summed E-state index contributed by atoms with van der Waals surface area (Å²) in [6, 6.07) is 49.7. The van der Waals surface area contributed by atoms with Crippen molar-refractivity contribution in [3.05, 3.63) is 169 Å². The molecule has 0 saturated heterocycles. The lowest BCUT2D eigenvalue weighted by atomic mass is 10.2. The van der Waals surface area contributed by atoms with E-state index < -0.39 is 16.6 Å². The van der Waals surface area contributed by atoms with Crippen LogP contribution in [0.2, 0.25) is 0 Å². The van der Waals surface area contributed by atoms with Crippen molar-refractivity contribution < 1.29 is 13.7 Å². The van der Waals surface area contributed by atoms with Crippen LogP contribution in [-0.4, -0.2) is 0 Å². The van der Waals surface area contributed by atoms with Crippen molar-refractivity contribution in [2.24, 2.45) is 0 Å². The van der Waals surface area contributed by atoms with Crippen LogP contribution >= 0.6 is 84.9 Å². The van der Waals surface area contributed by atoms with Gasteiger partial charge in [0.2, 0.25) is 16.6 Å². The lowest BCUT2D eigenvalue weighted by molar-refractivity contribution is 0.598. The van der Waals surface area contributed by atoms with E-state index in [1.165, 1.54) is 73.9 Å². The first-order chi connectivity index (χ1) is 24.7. The van der Waals surface area contributed by atoms with Gasteiger partial charge >= 0.3 is 0 Å². The van der Waals surface area contributed by atoms with Crippen molar-refractivity contribution in [1.82, 2.24) is 0 Å². The summed E-state index contributed by atoms with van der Waals surface area (Å²) in [5.41, 5.74) is -4.92. The van der Waals surface area contributed by atoms with Crippen LogP contribution in [0.3, 0.4) is 0 Å². The van der Waals surface area contributed by atoms with Crippen LogP contribution in [0.4, 0.5) is 0 Å². The molecule has 6 aromatic rings. The molecule has 256 valence electrons. The Bertz CT molecular complexity index is 2300. The maximum Gasteiger partial charge on any atom is 0.228 e. The third-order valence-electron chi connectivity index (χ3n) is 7.70. The summed E-state index contributed by atoms with van der Waals surface area (Å²) in [6.07, 6.45) is 1.80. The highest BCUT2D eigenvalue weighted by molar-refractivity contribution is 8.94. The lowest BCUT2D eigenvalue weighted by Gasteiger charge is -2.09. The minimum absolute atomic E-state index is 0.916. The van der Waals surface area contributed by atoms with Crippen LogP contribution in [-0.2, 0) is 13.7 Å². The first kappa shape index (κ1) is 37.2. The summed E-state index contributed by atoms with van der Waals surface area (Å²) in [6.45, 7) is 5.80. The Hall–Kier alpha value is -2.15.